The van der Waals surface area contributed by atoms with Crippen molar-refractivity contribution in [2.75, 3.05) is 18.0 Å². The first kappa shape index (κ1) is 16.1. The Hall–Kier alpha value is -2.28. The molecule has 0 saturated heterocycles. The van der Waals surface area contributed by atoms with Crippen LogP contribution in [0.3, 0.4) is 0 Å². The summed E-state index contributed by atoms with van der Waals surface area (Å²) in [4.78, 5) is 13.9. The van der Waals surface area contributed by atoms with E-state index in [0.717, 1.165) is 12.0 Å². The zero-order valence-electron chi connectivity index (χ0n) is 12.7. The molecule has 2 rings (SSSR count). The Balaban J connectivity index is 2.13. The molecule has 0 atom stereocenters. The van der Waals surface area contributed by atoms with Crippen molar-refractivity contribution in [1.82, 2.24) is 4.90 Å². The second kappa shape index (κ2) is 6.23. The average Bonchev–Trinajstić information content (AvgIpc) is 2.81. The van der Waals surface area contributed by atoms with E-state index < -0.39 is 10.0 Å². The summed E-state index contributed by atoms with van der Waals surface area (Å²) < 4.78 is 30.3. The van der Waals surface area contributed by atoms with Gasteiger partial charge in [0.1, 0.15) is 11.5 Å². The summed E-state index contributed by atoms with van der Waals surface area (Å²) in [6.07, 6.45) is 1.06. The molecule has 1 N–H and O–H groups in total. The number of nitrogens with zero attached hydrogens (tertiary/aromatic N) is 1. The smallest absolute Gasteiger partial charge is 0.254 e. The first-order valence-electron chi connectivity index (χ1n) is 6.63. The molecule has 2 aromatic rings. The third-order valence-electron chi connectivity index (χ3n) is 2.95. The molecule has 0 saturated carbocycles. The van der Waals surface area contributed by atoms with Gasteiger partial charge in [-0.15, -0.1) is 0 Å². The maximum atomic E-state index is 12.4. The van der Waals surface area contributed by atoms with Gasteiger partial charge in [-0.3, -0.25) is 9.52 Å². The highest BCUT2D eigenvalue weighted by molar-refractivity contribution is 7.92. The van der Waals surface area contributed by atoms with Crippen molar-refractivity contribution in [3.05, 3.63) is 53.5 Å². The molecule has 1 aromatic heterocycles. The molecule has 0 bridgehead atoms. The predicted molar refractivity (Wildman–Crippen MR) is 84.2 cm³/mol. The van der Waals surface area contributed by atoms with Gasteiger partial charge in [-0.25, -0.2) is 8.42 Å². The number of hydrogen-bond donors (Lipinski definition) is 1. The van der Waals surface area contributed by atoms with Crippen molar-refractivity contribution < 1.29 is 17.6 Å². The molecule has 0 aliphatic heterocycles. The van der Waals surface area contributed by atoms with Crippen molar-refractivity contribution in [3.63, 3.8) is 0 Å². The molecule has 0 unspecified atom stereocenters. The second-order valence-corrected chi connectivity index (χ2v) is 6.88. The Morgan fingerprint density at radius 2 is 2.00 bits per heavy atom. The average molecular weight is 322 g/mol. The van der Waals surface area contributed by atoms with E-state index in [1.54, 1.807) is 25.2 Å². The number of aryl methyl sites for hydroxylation is 1. The molecule has 1 heterocycles. The number of benzene rings is 1. The minimum Gasteiger partial charge on any atom is -0.464 e. The minimum atomic E-state index is -3.38. The summed E-state index contributed by atoms with van der Waals surface area (Å²) in [5, 5.41) is 0. The number of hydrogen-bond acceptors (Lipinski definition) is 4. The van der Waals surface area contributed by atoms with E-state index in [0.29, 0.717) is 23.6 Å². The van der Waals surface area contributed by atoms with Crippen LogP contribution in [0, 0.1) is 6.92 Å². The number of sulfonamides is 1. The van der Waals surface area contributed by atoms with E-state index in [1.807, 2.05) is 19.1 Å². The summed E-state index contributed by atoms with van der Waals surface area (Å²) in [5.74, 6) is 1.26. The third kappa shape index (κ3) is 4.36. The normalized spacial score (nSPS) is 11.2. The first-order valence-corrected chi connectivity index (χ1v) is 8.52. The lowest BCUT2D eigenvalue weighted by atomic mass is 10.2. The van der Waals surface area contributed by atoms with Gasteiger partial charge in [-0.1, -0.05) is 6.07 Å². The largest absolute Gasteiger partial charge is 0.464 e. The highest BCUT2D eigenvalue weighted by Gasteiger charge is 2.14. The van der Waals surface area contributed by atoms with E-state index >= 15 is 0 Å². The topological polar surface area (TPSA) is 79.6 Å². The fourth-order valence-electron chi connectivity index (χ4n) is 2.03. The van der Waals surface area contributed by atoms with Crippen LogP contribution in [0.5, 0.6) is 0 Å². The fraction of sp³-hybridized carbons (Fsp3) is 0.267. The molecular formula is C15H18N2O4S. The van der Waals surface area contributed by atoms with Gasteiger partial charge >= 0.3 is 0 Å². The predicted octanol–water partition coefficient (Wildman–Crippen LogP) is 2.23. The van der Waals surface area contributed by atoms with Crippen molar-refractivity contribution >= 4 is 21.6 Å². The summed E-state index contributed by atoms with van der Waals surface area (Å²) in [7, 11) is -1.71. The molecule has 0 aliphatic carbocycles. The van der Waals surface area contributed by atoms with Crippen LogP contribution >= 0.6 is 0 Å². The van der Waals surface area contributed by atoms with E-state index in [4.69, 9.17) is 4.42 Å². The summed E-state index contributed by atoms with van der Waals surface area (Å²) >= 11 is 0. The van der Waals surface area contributed by atoms with Crippen LogP contribution in [0.15, 0.2) is 40.8 Å². The first-order chi connectivity index (χ1) is 10.2. The van der Waals surface area contributed by atoms with Crippen molar-refractivity contribution in [2.45, 2.75) is 13.5 Å². The van der Waals surface area contributed by atoms with E-state index in [1.165, 1.54) is 11.0 Å². The molecule has 7 heteroatoms. The quantitative estimate of drug-likeness (QED) is 0.915. The molecule has 1 aromatic carbocycles. The van der Waals surface area contributed by atoms with Gasteiger partial charge in [0.25, 0.3) is 5.91 Å². The second-order valence-electron chi connectivity index (χ2n) is 5.13. The number of carbonyl (C=O) groups is 1. The van der Waals surface area contributed by atoms with Crippen molar-refractivity contribution in [2.24, 2.45) is 0 Å². The molecule has 118 valence electrons. The Kier molecular flexibility index (Phi) is 4.56. The van der Waals surface area contributed by atoms with Gasteiger partial charge in [0, 0.05) is 18.3 Å². The standard InChI is InChI=1S/C15H18N2O4S/c1-11-7-8-14(21-11)10-17(2)15(18)12-5-4-6-13(9-12)16-22(3,19)20/h4-9,16H,10H2,1-3H3. The lowest BCUT2D eigenvalue weighted by molar-refractivity contribution is 0.0775. The number of carbonyl (C=O) groups excluding carboxylic acids is 1. The van der Waals surface area contributed by atoms with Crippen molar-refractivity contribution in [3.8, 4) is 0 Å². The van der Waals surface area contributed by atoms with Gasteiger partial charge in [0.2, 0.25) is 10.0 Å². The van der Waals surface area contributed by atoms with Gasteiger partial charge in [0.05, 0.1) is 12.8 Å². The van der Waals surface area contributed by atoms with E-state index in [2.05, 4.69) is 4.72 Å². The van der Waals surface area contributed by atoms with Crippen LogP contribution in [0.2, 0.25) is 0 Å². The van der Waals surface area contributed by atoms with Crippen LogP contribution in [0.25, 0.3) is 0 Å². The van der Waals surface area contributed by atoms with Gasteiger partial charge in [0.15, 0.2) is 0 Å². The molecule has 0 spiro atoms. The van der Waals surface area contributed by atoms with Crippen LogP contribution in [-0.4, -0.2) is 32.5 Å². The monoisotopic (exact) mass is 322 g/mol. The molecule has 0 aliphatic rings. The molecular weight excluding hydrogens is 304 g/mol. The van der Waals surface area contributed by atoms with Gasteiger partial charge in [-0.05, 0) is 37.3 Å². The molecule has 0 radical (unpaired) electrons. The number of amides is 1. The lowest BCUT2D eigenvalue weighted by Crippen LogP contribution is -2.26. The Bertz CT molecular complexity index is 780. The van der Waals surface area contributed by atoms with E-state index in [-0.39, 0.29) is 5.91 Å². The number of nitrogens with one attached hydrogen (secondary N) is 1. The zero-order valence-corrected chi connectivity index (χ0v) is 13.5. The number of anilines is 1. The third-order valence-corrected chi connectivity index (χ3v) is 3.55. The lowest BCUT2D eigenvalue weighted by Gasteiger charge is -2.16. The molecule has 0 fully saturated rings. The maximum absolute atomic E-state index is 12.4. The number of rotatable bonds is 5. The fourth-order valence-corrected chi connectivity index (χ4v) is 2.58. The van der Waals surface area contributed by atoms with Crippen LogP contribution in [-0.2, 0) is 16.6 Å². The molecule has 6 nitrogen and oxygen atoms in total. The number of furan rings is 1. The van der Waals surface area contributed by atoms with Crippen molar-refractivity contribution in [1.29, 1.82) is 0 Å². The Morgan fingerprint density at radius 3 is 2.59 bits per heavy atom. The Labute approximate surface area is 129 Å². The zero-order chi connectivity index (χ0) is 16.3. The highest BCUT2D eigenvalue weighted by atomic mass is 32.2. The summed E-state index contributed by atoms with van der Waals surface area (Å²) in [5.41, 5.74) is 0.759. The minimum absolute atomic E-state index is 0.216. The molecule has 22 heavy (non-hydrogen) atoms. The summed E-state index contributed by atoms with van der Waals surface area (Å²) in [6.45, 7) is 2.18. The summed E-state index contributed by atoms with van der Waals surface area (Å²) in [6, 6.07) is 10.0. The highest BCUT2D eigenvalue weighted by Crippen LogP contribution is 2.15. The van der Waals surface area contributed by atoms with Gasteiger partial charge < -0.3 is 9.32 Å². The van der Waals surface area contributed by atoms with Crippen LogP contribution in [0.4, 0.5) is 5.69 Å². The maximum Gasteiger partial charge on any atom is 0.254 e. The SMILES string of the molecule is Cc1ccc(CN(C)C(=O)c2cccc(NS(C)(=O)=O)c2)o1. The van der Waals surface area contributed by atoms with Gasteiger partial charge in [-0.2, -0.15) is 0 Å². The van der Waals surface area contributed by atoms with E-state index in [9.17, 15) is 13.2 Å². The Morgan fingerprint density at radius 1 is 1.27 bits per heavy atom. The van der Waals surface area contributed by atoms with Crippen LogP contribution in [0.1, 0.15) is 21.9 Å². The molecule has 1 amide bonds. The van der Waals surface area contributed by atoms with Crippen LogP contribution < -0.4 is 4.72 Å².